The minimum atomic E-state index is -2.11. The minimum absolute atomic E-state index is 0.0847. The quantitative estimate of drug-likeness (QED) is 0.460. The van der Waals surface area contributed by atoms with Gasteiger partial charge in [-0.3, -0.25) is 0 Å². The lowest BCUT2D eigenvalue weighted by Crippen LogP contribution is -2.43. The van der Waals surface area contributed by atoms with Crippen molar-refractivity contribution >= 4 is 11.8 Å². The number of hydrogen-bond donors (Lipinski definition) is 0. The monoisotopic (exact) mass is 273 g/mol. The fraction of sp³-hybridized carbons (Fsp3) is 0.462. The van der Waals surface area contributed by atoms with Crippen LogP contribution in [0.2, 0.25) is 0 Å². The molecule has 1 aliphatic rings. The number of carbonyl (C=O) groups excluding carboxylic acids is 1. The molecule has 1 fully saturated rings. The summed E-state index contributed by atoms with van der Waals surface area (Å²) in [5.74, 6) is -1.53. The Kier molecular flexibility index (Phi) is 4.00. The zero-order valence-corrected chi connectivity index (χ0v) is 9.77. The van der Waals surface area contributed by atoms with E-state index in [4.69, 9.17) is 0 Å². The lowest BCUT2D eigenvalue weighted by atomic mass is 9.79. The van der Waals surface area contributed by atoms with E-state index in [1.165, 1.54) is 30.3 Å². The van der Waals surface area contributed by atoms with Gasteiger partial charge < -0.3 is 0 Å². The zero-order valence-electron chi connectivity index (χ0n) is 9.77. The van der Waals surface area contributed by atoms with E-state index in [0.29, 0.717) is 0 Å². The summed E-state index contributed by atoms with van der Waals surface area (Å²) in [5.41, 5.74) is 0.227. The lowest BCUT2D eigenvalue weighted by molar-refractivity contribution is -0.00569. The number of alkyl halides is 4. The molecule has 102 valence electrons. The fourth-order valence-corrected chi connectivity index (χ4v) is 2.32. The van der Waals surface area contributed by atoms with Gasteiger partial charge in [0.15, 0.2) is 0 Å². The van der Waals surface area contributed by atoms with Crippen LogP contribution in [0.3, 0.4) is 0 Å². The van der Waals surface area contributed by atoms with Crippen molar-refractivity contribution in [3.8, 4) is 0 Å². The second-order valence-electron chi connectivity index (χ2n) is 4.48. The molecule has 4 unspecified atom stereocenters. The predicted molar refractivity (Wildman–Crippen MR) is 61.2 cm³/mol. The second-order valence-corrected chi connectivity index (χ2v) is 4.48. The van der Waals surface area contributed by atoms with Gasteiger partial charge in [-0.1, -0.05) is 12.1 Å². The van der Waals surface area contributed by atoms with Crippen LogP contribution in [0.1, 0.15) is 17.9 Å². The summed E-state index contributed by atoms with van der Waals surface area (Å²) in [4.78, 5) is 13.4. The number of aliphatic imine (C=N–C) groups is 1. The Morgan fingerprint density at radius 3 is 2.32 bits per heavy atom. The summed E-state index contributed by atoms with van der Waals surface area (Å²) < 4.78 is 54.2. The van der Waals surface area contributed by atoms with Crippen LogP contribution in [0.5, 0.6) is 0 Å². The summed E-state index contributed by atoms with van der Waals surface area (Å²) in [6.45, 7) is 0. The van der Waals surface area contributed by atoms with Crippen LogP contribution in [-0.2, 0) is 4.79 Å². The molecular weight excluding hydrogens is 262 g/mol. The second kappa shape index (κ2) is 5.53. The largest absolute Gasteiger partial charge is 0.244 e. The smallest absolute Gasteiger partial charge is 0.240 e. The van der Waals surface area contributed by atoms with Gasteiger partial charge in [0, 0.05) is 6.42 Å². The van der Waals surface area contributed by atoms with Crippen LogP contribution in [-0.4, -0.2) is 30.8 Å². The molecular formula is C13H11F4NO. The van der Waals surface area contributed by atoms with Gasteiger partial charge in [-0.25, -0.2) is 22.4 Å². The van der Waals surface area contributed by atoms with Gasteiger partial charge in [-0.05, 0) is 17.7 Å². The molecule has 6 heteroatoms. The van der Waals surface area contributed by atoms with E-state index in [1.807, 2.05) is 0 Å². The third kappa shape index (κ3) is 2.68. The molecule has 0 spiro atoms. The molecule has 1 aromatic carbocycles. The summed E-state index contributed by atoms with van der Waals surface area (Å²) in [7, 11) is 0. The molecule has 4 atom stereocenters. The summed E-state index contributed by atoms with van der Waals surface area (Å²) >= 11 is 0. The van der Waals surface area contributed by atoms with Crippen LogP contribution < -0.4 is 0 Å². The maximum Gasteiger partial charge on any atom is 0.240 e. The van der Waals surface area contributed by atoms with Crippen molar-refractivity contribution in [1.29, 1.82) is 0 Å². The van der Waals surface area contributed by atoms with Gasteiger partial charge in [0.1, 0.15) is 24.7 Å². The number of halogens is 4. The first-order valence-electron chi connectivity index (χ1n) is 5.78. The van der Waals surface area contributed by atoms with Gasteiger partial charge in [0.05, 0.1) is 11.6 Å². The van der Waals surface area contributed by atoms with Crippen molar-refractivity contribution in [3.05, 3.63) is 29.8 Å². The molecule has 0 radical (unpaired) electrons. The number of nitrogens with zero attached hydrogens (tertiary/aromatic N) is 1. The average Bonchev–Trinajstić information content (AvgIpc) is 2.38. The molecule has 0 heterocycles. The van der Waals surface area contributed by atoms with Gasteiger partial charge in [0.25, 0.3) is 0 Å². The van der Waals surface area contributed by atoms with E-state index in [9.17, 15) is 22.4 Å². The lowest BCUT2D eigenvalue weighted by Gasteiger charge is -2.34. The first-order valence-corrected chi connectivity index (χ1v) is 5.78. The summed E-state index contributed by atoms with van der Waals surface area (Å²) in [6.07, 6.45) is -7.78. The number of benzene rings is 1. The molecule has 0 bridgehead atoms. The normalized spacial score (nSPS) is 34.6. The third-order valence-electron chi connectivity index (χ3n) is 3.26. The maximum atomic E-state index is 13.8. The highest BCUT2D eigenvalue weighted by molar-refractivity contribution is 5.50. The van der Waals surface area contributed by atoms with E-state index in [-0.39, 0.29) is 11.3 Å². The molecule has 0 aliphatic heterocycles. The van der Waals surface area contributed by atoms with Gasteiger partial charge in [-0.2, -0.15) is 4.99 Å². The standard InChI is InChI=1S/C13H11F4NO/c14-9-5-10(15)13(17)11(12(9)16)7-2-1-3-8(4-7)18-6-19/h1-4,9-13H,5H2. The van der Waals surface area contributed by atoms with Gasteiger partial charge in [0.2, 0.25) is 6.08 Å². The molecule has 2 nitrogen and oxygen atoms in total. The zero-order chi connectivity index (χ0) is 14.0. The Labute approximate surface area is 107 Å². The number of isocyanates is 1. The molecule has 0 saturated heterocycles. The number of hydrogen-bond acceptors (Lipinski definition) is 2. The summed E-state index contributed by atoms with van der Waals surface area (Å²) in [6, 6.07) is 5.44. The topological polar surface area (TPSA) is 29.4 Å². The van der Waals surface area contributed by atoms with E-state index < -0.39 is 37.0 Å². The Morgan fingerprint density at radius 1 is 1.11 bits per heavy atom. The van der Waals surface area contributed by atoms with Gasteiger partial charge in [-0.15, -0.1) is 0 Å². The maximum absolute atomic E-state index is 13.8. The third-order valence-corrected chi connectivity index (χ3v) is 3.26. The van der Waals surface area contributed by atoms with Crippen molar-refractivity contribution in [2.75, 3.05) is 0 Å². The number of rotatable bonds is 2. The molecule has 1 aliphatic carbocycles. The first-order chi connectivity index (χ1) is 9.04. The van der Waals surface area contributed by atoms with Gasteiger partial charge >= 0.3 is 0 Å². The van der Waals surface area contributed by atoms with E-state index in [1.54, 1.807) is 0 Å². The van der Waals surface area contributed by atoms with Crippen LogP contribution in [0, 0.1) is 0 Å². The minimum Gasteiger partial charge on any atom is -0.244 e. The van der Waals surface area contributed by atoms with E-state index in [0.717, 1.165) is 0 Å². The SMILES string of the molecule is O=C=Nc1cccc(C2C(F)C(F)CC(F)C2F)c1. The van der Waals surface area contributed by atoms with Crippen LogP contribution in [0.15, 0.2) is 29.3 Å². The summed E-state index contributed by atoms with van der Waals surface area (Å²) in [5, 5.41) is 0. The highest BCUT2D eigenvalue weighted by Crippen LogP contribution is 2.40. The van der Waals surface area contributed by atoms with Crippen LogP contribution >= 0.6 is 0 Å². The average molecular weight is 273 g/mol. The molecule has 0 amide bonds. The Balaban J connectivity index is 2.37. The molecule has 0 N–H and O–H groups in total. The van der Waals surface area contributed by atoms with E-state index >= 15 is 0 Å². The Hall–Kier alpha value is -1.68. The van der Waals surface area contributed by atoms with E-state index in [2.05, 4.69) is 4.99 Å². The molecule has 0 aromatic heterocycles. The fourth-order valence-electron chi connectivity index (χ4n) is 2.32. The van der Waals surface area contributed by atoms with Crippen molar-refractivity contribution in [3.63, 3.8) is 0 Å². The molecule has 2 rings (SSSR count). The first kappa shape index (κ1) is 13.7. The van der Waals surface area contributed by atoms with Crippen molar-refractivity contribution in [2.24, 2.45) is 4.99 Å². The highest BCUT2D eigenvalue weighted by Gasteiger charge is 2.47. The predicted octanol–water partition coefficient (Wildman–Crippen LogP) is 3.49. The Morgan fingerprint density at radius 2 is 1.74 bits per heavy atom. The molecule has 1 saturated carbocycles. The van der Waals surface area contributed by atoms with Crippen LogP contribution in [0.4, 0.5) is 23.2 Å². The van der Waals surface area contributed by atoms with Crippen molar-refractivity contribution < 1.29 is 22.4 Å². The molecule has 1 aromatic rings. The Bertz CT molecular complexity index is 489. The van der Waals surface area contributed by atoms with Crippen molar-refractivity contribution in [2.45, 2.75) is 37.0 Å². The molecule has 19 heavy (non-hydrogen) atoms. The van der Waals surface area contributed by atoms with Crippen LogP contribution in [0.25, 0.3) is 0 Å². The highest BCUT2D eigenvalue weighted by atomic mass is 19.2. The van der Waals surface area contributed by atoms with Crippen molar-refractivity contribution in [1.82, 2.24) is 0 Å².